The van der Waals surface area contributed by atoms with Gasteiger partial charge in [0.15, 0.2) is 0 Å². The molecule has 2 aromatic carbocycles. The molecule has 0 aliphatic rings. The monoisotopic (exact) mass is 398 g/mol. The molecule has 0 aromatic heterocycles. The standard InChI is InChI=1S/C22H26N2O5/c23-14-12-19(25)24(16-18-9-5-2-6-10-18)22(21(28)29,13-11-20(26)27)15-17-7-3-1-4-8-17/h1-10H,11-16,23H2,(H,26,27)(H,28,29)/t22-/m1/s1. The van der Waals surface area contributed by atoms with Crippen molar-refractivity contribution in [3.8, 4) is 0 Å². The van der Waals surface area contributed by atoms with Crippen molar-refractivity contribution in [1.82, 2.24) is 4.90 Å². The maximum Gasteiger partial charge on any atom is 0.330 e. The highest BCUT2D eigenvalue weighted by molar-refractivity contribution is 5.88. The Hall–Kier alpha value is -3.19. The first-order valence-electron chi connectivity index (χ1n) is 9.42. The van der Waals surface area contributed by atoms with Gasteiger partial charge in [0.25, 0.3) is 0 Å². The van der Waals surface area contributed by atoms with Gasteiger partial charge in [0, 0.05) is 32.4 Å². The molecule has 154 valence electrons. The molecule has 1 atom stereocenters. The summed E-state index contributed by atoms with van der Waals surface area (Å²) in [4.78, 5) is 38.1. The molecule has 0 radical (unpaired) electrons. The van der Waals surface area contributed by atoms with Gasteiger partial charge < -0.3 is 20.8 Å². The van der Waals surface area contributed by atoms with Crippen LogP contribution in [0.1, 0.15) is 30.4 Å². The van der Waals surface area contributed by atoms with Crippen molar-refractivity contribution >= 4 is 17.8 Å². The normalized spacial score (nSPS) is 12.7. The number of hydrogen-bond acceptors (Lipinski definition) is 4. The van der Waals surface area contributed by atoms with E-state index in [1.54, 1.807) is 48.5 Å². The number of aliphatic carboxylic acids is 2. The molecule has 1 amide bonds. The molecule has 7 nitrogen and oxygen atoms in total. The number of amides is 1. The van der Waals surface area contributed by atoms with Gasteiger partial charge in [-0.2, -0.15) is 0 Å². The van der Waals surface area contributed by atoms with E-state index in [2.05, 4.69) is 0 Å². The van der Waals surface area contributed by atoms with Gasteiger partial charge in [-0.3, -0.25) is 9.59 Å². The van der Waals surface area contributed by atoms with Crippen LogP contribution in [0.15, 0.2) is 60.7 Å². The Balaban J connectivity index is 2.54. The molecule has 7 heteroatoms. The van der Waals surface area contributed by atoms with Crippen molar-refractivity contribution in [2.24, 2.45) is 5.73 Å². The fraction of sp³-hybridized carbons (Fsp3) is 0.318. The summed E-state index contributed by atoms with van der Waals surface area (Å²) in [6.45, 7) is 0.127. The number of hydrogen-bond donors (Lipinski definition) is 3. The van der Waals surface area contributed by atoms with Crippen LogP contribution in [-0.4, -0.2) is 45.0 Å². The van der Waals surface area contributed by atoms with Crippen LogP contribution in [0.25, 0.3) is 0 Å². The zero-order valence-corrected chi connectivity index (χ0v) is 16.2. The maximum atomic E-state index is 13.0. The third kappa shape index (κ3) is 5.89. The Morgan fingerprint density at radius 1 is 0.862 bits per heavy atom. The highest BCUT2D eigenvalue weighted by Gasteiger charge is 2.46. The van der Waals surface area contributed by atoms with E-state index < -0.39 is 23.4 Å². The third-order valence-corrected chi connectivity index (χ3v) is 4.85. The number of carbonyl (C=O) groups excluding carboxylic acids is 1. The lowest BCUT2D eigenvalue weighted by molar-refractivity contribution is -0.162. The molecule has 2 aromatic rings. The van der Waals surface area contributed by atoms with Crippen LogP contribution in [0.2, 0.25) is 0 Å². The van der Waals surface area contributed by atoms with E-state index in [4.69, 9.17) is 5.73 Å². The number of rotatable bonds is 11. The van der Waals surface area contributed by atoms with Crippen molar-refractivity contribution in [3.63, 3.8) is 0 Å². The van der Waals surface area contributed by atoms with E-state index in [0.717, 1.165) is 5.56 Å². The highest BCUT2D eigenvalue weighted by atomic mass is 16.4. The quantitative estimate of drug-likeness (QED) is 0.534. The fourth-order valence-electron chi connectivity index (χ4n) is 3.37. The van der Waals surface area contributed by atoms with E-state index in [0.29, 0.717) is 5.56 Å². The second-order valence-corrected chi connectivity index (χ2v) is 6.90. The van der Waals surface area contributed by atoms with Crippen LogP contribution in [0.4, 0.5) is 0 Å². The van der Waals surface area contributed by atoms with E-state index in [-0.39, 0.29) is 38.8 Å². The first kappa shape index (κ1) is 22.1. The molecule has 2 rings (SSSR count). The molecule has 4 N–H and O–H groups in total. The number of nitrogens with two attached hydrogens (primary N) is 1. The second-order valence-electron chi connectivity index (χ2n) is 6.90. The Morgan fingerprint density at radius 3 is 1.90 bits per heavy atom. The summed E-state index contributed by atoms with van der Waals surface area (Å²) in [6.07, 6.45) is -0.612. The molecule has 0 aliphatic heterocycles. The largest absolute Gasteiger partial charge is 0.481 e. The van der Waals surface area contributed by atoms with Gasteiger partial charge in [-0.15, -0.1) is 0 Å². The molecule has 0 bridgehead atoms. The van der Waals surface area contributed by atoms with Crippen molar-refractivity contribution in [2.75, 3.05) is 6.54 Å². The number of carboxylic acid groups (broad SMARTS) is 2. The third-order valence-electron chi connectivity index (χ3n) is 4.85. The second kappa shape index (κ2) is 10.4. The molecule has 0 saturated heterocycles. The minimum atomic E-state index is -1.71. The predicted octanol–water partition coefficient (Wildman–Crippen LogP) is 2.29. The molecule has 0 spiro atoms. The van der Waals surface area contributed by atoms with E-state index in [9.17, 15) is 24.6 Å². The number of nitrogens with zero attached hydrogens (tertiary/aromatic N) is 1. The van der Waals surface area contributed by atoms with Gasteiger partial charge in [0.2, 0.25) is 5.91 Å². The van der Waals surface area contributed by atoms with Crippen molar-refractivity contribution in [1.29, 1.82) is 0 Å². The average molecular weight is 398 g/mol. The molecule has 0 fully saturated rings. The van der Waals surface area contributed by atoms with Crippen molar-refractivity contribution in [2.45, 2.75) is 37.8 Å². The Morgan fingerprint density at radius 2 is 1.41 bits per heavy atom. The van der Waals surface area contributed by atoms with E-state index >= 15 is 0 Å². The molecule has 0 aliphatic carbocycles. The van der Waals surface area contributed by atoms with Gasteiger partial charge in [0.1, 0.15) is 5.54 Å². The summed E-state index contributed by atoms with van der Waals surface area (Å²) in [7, 11) is 0. The number of carboxylic acids is 2. The summed E-state index contributed by atoms with van der Waals surface area (Å²) in [5.74, 6) is -2.77. The summed E-state index contributed by atoms with van der Waals surface area (Å²) >= 11 is 0. The topological polar surface area (TPSA) is 121 Å². The van der Waals surface area contributed by atoms with Crippen LogP contribution in [0, 0.1) is 0 Å². The van der Waals surface area contributed by atoms with E-state index in [1.165, 1.54) is 4.90 Å². The van der Waals surface area contributed by atoms with Crippen LogP contribution in [0.5, 0.6) is 0 Å². The summed E-state index contributed by atoms with van der Waals surface area (Å²) in [6, 6.07) is 17.9. The van der Waals surface area contributed by atoms with Crippen LogP contribution < -0.4 is 5.73 Å². The molecular formula is C22H26N2O5. The van der Waals surface area contributed by atoms with Crippen molar-refractivity contribution < 1.29 is 24.6 Å². The Labute approximate surface area is 169 Å². The number of benzene rings is 2. The van der Waals surface area contributed by atoms with Gasteiger partial charge >= 0.3 is 11.9 Å². The van der Waals surface area contributed by atoms with Gasteiger partial charge in [-0.1, -0.05) is 60.7 Å². The first-order valence-corrected chi connectivity index (χ1v) is 9.42. The van der Waals surface area contributed by atoms with Gasteiger partial charge in [0.05, 0.1) is 0 Å². The van der Waals surface area contributed by atoms with Crippen molar-refractivity contribution in [3.05, 3.63) is 71.8 Å². The SMILES string of the molecule is NCCC(=O)N(Cc1ccccc1)[C@](CCC(=O)O)(Cc1ccccc1)C(=O)O. The lowest BCUT2D eigenvalue weighted by atomic mass is 9.83. The zero-order valence-electron chi connectivity index (χ0n) is 16.2. The number of carbonyl (C=O) groups is 3. The molecule has 0 heterocycles. The fourth-order valence-corrected chi connectivity index (χ4v) is 3.37. The maximum absolute atomic E-state index is 13.0. The van der Waals surface area contributed by atoms with Crippen LogP contribution >= 0.6 is 0 Å². The lowest BCUT2D eigenvalue weighted by Gasteiger charge is -2.41. The van der Waals surface area contributed by atoms with Crippen LogP contribution in [-0.2, 0) is 27.3 Å². The summed E-state index contributed by atoms with van der Waals surface area (Å²) < 4.78 is 0. The lowest BCUT2D eigenvalue weighted by Crippen LogP contribution is -2.58. The average Bonchev–Trinajstić information content (AvgIpc) is 2.71. The molecule has 29 heavy (non-hydrogen) atoms. The molecule has 0 saturated carbocycles. The minimum Gasteiger partial charge on any atom is -0.481 e. The smallest absolute Gasteiger partial charge is 0.330 e. The van der Waals surface area contributed by atoms with Gasteiger partial charge in [-0.05, 0) is 17.5 Å². The van der Waals surface area contributed by atoms with Crippen LogP contribution in [0.3, 0.4) is 0 Å². The zero-order chi connectivity index (χ0) is 21.3. The molecule has 0 unspecified atom stereocenters. The Kier molecular flexibility index (Phi) is 7.91. The van der Waals surface area contributed by atoms with Gasteiger partial charge in [-0.25, -0.2) is 4.79 Å². The highest BCUT2D eigenvalue weighted by Crippen LogP contribution is 2.30. The van der Waals surface area contributed by atoms with E-state index in [1.807, 2.05) is 12.1 Å². The summed E-state index contributed by atoms with van der Waals surface area (Å²) in [5.41, 5.74) is 5.32. The Bertz CT molecular complexity index is 826. The summed E-state index contributed by atoms with van der Waals surface area (Å²) in [5, 5.41) is 19.5. The minimum absolute atomic E-state index is 0.000398. The first-order chi connectivity index (χ1) is 13.9. The molecular weight excluding hydrogens is 372 g/mol. The predicted molar refractivity (Wildman–Crippen MR) is 108 cm³/mol.